The van der Waals surface area contributed by atoms with Crippen molar-refractivity contribution in [1.29, 1.82) is 0 Å². The Bertz CT molecular complexity index is 299. The summed E-state index contributed by atoms with van der Waals surface area (Å²) >= 11 is 0. The number of carbonyl (C=O) groups is 1. The maximum atomic E-state index is 11.8. The van der Waals surface area contributed by atoms with Gasteiger partial charge in [-0.3, -0.25) is 4.79 Å². The molecule has 0 aliphatic heterocycles. The zero-order chi connectivity index (χ0) is 9.68. The van der Waals surface area contributed by atoms with Crippen LogP contribution < -0.4 is 9.47 Å². The van der Waals surface area contributed by atoms with Crippen molar-refractivity contribution < 1.29 is 18.7 Å². The van der Waals surface area contributed by atoms with E-state index in [1.807, 2.05) is 0 Å². The van der Waals surface area contributed by atoms with Crippen LogP contribution in [0, 0.1) is 0 Å². The molecule has 0 aliphatic carbocycles. The average Bonchev–Trinajstić information content (AvgIpc) is 2.19. The van der Waals surface area contributed by atoms with E-state index in [2.05, 4.69) is 4.74 Å². The molecule has 0 fully saturated rings. The van der Waals surface area contributed by atoms with Crippen LogP contribution in [0.1, 0.15) is 10.4 Å². The van der Waals surface area contributed by atoms with Crippen LogP contribution in [-0.2, 0) is 0 Å². The molecular formula is C9H9FO3. The maximum absolute atomic E-state index is 11.8. The van der Waals surface area contributed by atoms with Crippen LogP contribution in [0.4, 0.5) is 4.39 Å². The Balaban J connectivity index is 3.00. The summed E-state index contributed by atoms with van der Waals surface area (Å²) in [5.41, 5.74) is 0.461. The predicted octanol–water partition coefficient (Wildman–Crippen LogP) is 1.81. The number of alkyl halides is 1. The highest BCUT2D eigenvalue weighted by atomic mass is 19.1. The fraction of sp³-hybridized carbons (Fsp3) is 0.222. The van der Waals surface area contributed by atoms with Crippen LogP contribution in [0.3, 0.4) is 0 Å². The van der Waals surface area contributed by atoms with Crippen molar-refractivity contribution in [2.75, 3.05) is 14.0 Å². The number of halogens is 1. The number of carbonyl (C=O) groups excluding carboxylic acids is 1. The van der Waals surface area contributed by atoms with E-state index in [-0.39, 0.29) is 5.75 Å². The first-order valence-corrected chi connectivity index (χ1v) is 3.63. The summed E-state index contributed by atoms with van der Waals surface area (Å²) in [6.45, 7) is -0.920. The van der Waals surface area contributed by atoms with Crippen LogP contribution in [0.15, 0.2) is 18.2 Å². The molecule has 0 heterocycles. The fourth-order valence-electron chi connectivity index (χ4n) is 0.936. The Labute approximate surface area is 75.1 Å². The first kappa shape index (κ1) is 9.51. The van der Waals surface area contributed by atoms with Gasteiger partial charge in [-0.1, -0.05) is 0 Å². The molecule has 0 N–H and O–H groups in total. The first-order chi connectivity index (χ1) is 6.31. The highest BCUT2D eigenvalue weighted by Crippen LogP contribution is 2.27. The van der Waals surface area contributed by atoms with E-state index in [1.165, 1.54) is 25.3 Å². The second-order valence-electron chi connectivity index (χ2n) is 2.28. The van der Waals surface area contributed by atoms with E-state index in [4.69, 9.17) is 4.74 Å². The second kappa shape index (κ2) is 4.45. The van der Waals surface area contributed by atoms with Gasteiger partial charge in [0.1, 0.15) is 6.29 Å². The number of methoxy groups -OCH3 is 1. The molecule has 0 bridgehead atoms. The third-order valence-electron chi connectivity index (χ3n) is 1.53. The molecule has 13 heavy (non-hydrogen) atoms. The van der Waals surface area contributed by atoms with E-state index in [0.717, 1.165) is 0 Å². The van der Waals surface area contributed by atoms with Gasteiger partial charge in [0.05, 0.1) is 7.11 Å². The van der Waals surface area contributed by atoms with E-state index in [9.17, 15) is 9.18 Å². The average molecular weight is 184 g/mol. The van der Waals surface area contributed by atoms with Gasteiger partial charge in [-0.05, 0) is 18.2 Å². The Morgan fingerprint density at radius 1 is 1.46 bits per heavy atom. The smallest absolute Gasteiger partial charge is 0.228 e. The highest BCUT2D eigenvalue weighted by molar-refractivity contribution is 5.76. The summed E-state index contributed by atoms with van der Waals surface area (Å²) in [4.78, 5) is 10.4. The minimum atomic E-state index is -0.920. The van der Waals surface area contributed by atoms with Gasteiger partial charge in [-0.2, -0.15) is 0 Å². The van der Waals surface area contributed by atoms with Gasteiger partial charge in [0.25, 0.3) is 0 Å². The van der Waals surface area contributed by atoms with Crippen molar-refractivity contribution in [2.24, 2.45) is 0 Å². The lowest BCUT2D eigenvalue weighted by Crippen LogP contribution is -1.95. The molecule has 0 saturated carbocycles. The quantitative estimate of drug-likeness (QED) is 0.669. The molecule has 0 saturated heterocycles. The van der Waals surface area contributed by atoms with Gasteiger partial charge < -0.3 is 9.47 Å². The van der Waals surface area contributed by atoms with Crippen LogP contribution in [0.5, 0.6) is 11.5 Å². The van der Waals surface area contributed by atoms with Gasteiger partial charge in [0.2, 0.25) is 6.86 Å². The lowest BCUT2D eigenvalue weighted by Gasteiger charge is -2.07. The summed E-state index contributed by atoms with van der Waals surface area (Å²) in [5, 5.41) is 0. The number of aldehydes is 1. The molecule has 4 heteroatoms. The van der Waals surface area contributed by atoms with Crippen molar-refractivity contribution in [1.82, 2.24) is 0 Å². The van der Waals surface area contributed by atoms with Gasteiger partial charge in [-0.25, -0.2) is 4.39 Å². The van der Waals surface area contributed by atoms with E-state index in [1.54, 1.807) is 0 Å². The molecule has 1 aromatic rings. The minimum Gasteiger partial charge on any atom is -0.493 e. The monoisotopic (exact) mass is 184 g/mol. The van der Waals surface area contributed by atoms with E-state index >= 15 is 0 Å². The van der Waals surface area contributed by atoms with Gasteiger partial charge in [0, 0.05) is 5.56 Å². The van der Waals surface area contributed by atoms with Gasteiger partial charge >= 0.3 is 0 Å². The van der Waals surface area contributed by atoms with Crippen molar-refractivity contribution in [3.05, 3.63) is 23.8 Å². The Morgan fingerprint density at radius 3 is 2.77 bits per heavy atom. The van der Waals surface area contributed by atoms with Crippen LogP contribution in [-0.4, -0.2) is 20.3 Å². The summed E-state index contributed by atoms with van der Waals surface area (Å²) in [5.74, 6) is 0.637. The third kappa shape index (κ3) is 2.18. The molecule has 1 rings (SSSR count). The normalized spacial score (nSPS) is 9.38. The molecule has 70 valence electrons. The van der Waals surface area contributed by atoms with E-state index in [0.29, 0.717) is 17.6 Å². The number of hydrogen-bond donors (Lipinski definition) is 0. The zero-order valence-corrected chi connectivity index (χ0v) is 7.12. The Hall–Kier alpha value is -1.58. The van der Waals surface area contributed by atoms with Crippen molar-refractivity contribution in [3.8, 4) is 11.5 Å². The topological polar surface area (TPSA) is 35.5 Å². The second-order valence-corrected chi connectivity index (χ2v) is 2.28. The predicted molar refractivity (Wildman–Crippen MR) is 45.0 cm³/mol. The summed E-state index contributed by atoms with van der Waals surface area (Å²) in [6.07, 6.45) is 0.682. The molecule has 3 nitrogen and oxygen atoms in total. The lowest BCUT2D eigenvalue weighted by molar-refractivity contribution is 0.112. The molecule has 0 spiro atoms. The largest absolute Gasteiger partial charge is 0.493 e. The van der Waals surface area contributed by atoms with Crippen LogP contribution in [0.25, 0.3) is 0 Å². The molecule has 1 aromatic carbocycles. The Kier molecular flexibility index (Phi) is 3.25. The number of benzene rings is 1. The van der Waals surface area contributed by atoms with Gasteiger partial charge in [-0.15, -0.1) is 0 Å². The molecule has 0 amide bonds. The molecule has 0 unspecified atom stereocenters. The van der Waals surface area contributed by atoms with Crippen LogP contribution in [0.2, 0.25) is 0 Å². The standard InChI is InChI=1S/C9H9FO3/c1-12-9-4-7(5-11)2-3-8(9)13-6-10/h2-5H,6H2,1H3. The maximum Gasteiger partial charge on any atom is 0.228 e. The van der Waals surface area contributed by atoms with E-state index < -0.39 is 6.86 Å². The summed E-state index contributed by atoms with van der Waals surface area (Å²) < 4.78 is 21.3. The molecule has 0 radical (unpaired) electrons. The molecule has 0 aromatic heterocycles. The number of ether oxygens (including phenoxy) is 2. The molecular weight excluding hydrogens is 175 g/mol. The minimum absolute atomic E-state index is 0.288. The zero-order valence-electron chi connectivity index (χ0n) is 7.12. The number of rotatable bonds is 4. The van der Waals surface area contributed by atoms with Crippen molar-refractivity contribution >= 4 is 6.29 Å². The molecule has 0 atom stereocenters. The SMILES string of the molecule is COc1cc(C=O)ccc1OCF. The van der Waals surface area contributed by atoms with Crippen molar-refractivity contribution in [3.63, 3.8) is 0 Å². The van der Waals surface area contributed by atoms with Crippen LogP contribution >= 0.6 is 0 Å². The van der Waals surface area contributed by atoms with Crippen molar-refractivity contribution in [2.45, 2.75) is 0 Å². The lowest BCUT2D eigenvalue weighted by atomic mass is 10.2. The third-order valence-corrected chi connectivity index (χ3v) is 1.53. The summed E-state index contributed by atoms with van der Waals surface area (Å²) in [7, 11) is 1.43. The first-order valence-electron chi connectivity index (χ1n) is 3.63. The highest BCUT2D eigenvalue weighted by Gasteiger charge is 2.04. The van der Waals surface area contributed by atoms with Gasteiger partial charge in [0.15, 0.2) is 11.5 Å². The summed E-state index contributed by atoms with van der Waals surface area (Å²) in [6, 6.07) is 4.50. The Morgan fingerprint density at radius 2 is 2.23 bits per heavy atom. The molecule has 0 aliphatic rings. The number of hydrogen-bond acceptors (Lipinski definition) is 3. The fourth-order valence-corrected chi connectivity index (χ4v) is 0.936.